The number of nitrogens with one attached hydrogen (secondary N) is 1. The van der Waals surface area contributed by atoms with Gasteiger partial charge in [-0.2, -0.15) is 0 Å². The van der Waals surface area contributed by atoms with E-state index in [0.717, 1.165) is 16.0 Å². The normalized spacial score (nSPS) is 13.0. The molecule has 0 aliphatic carbocycles. The second-order valence-corrected chi connectivity index (χ2v) is 13.4. The summed E-state index contributed by atoms with van der Waals surface area (Å²) in [4.78, 5) is 28.1. The molecule has 1 unspecified atom stereocenters. The van der Waals surface area contributed by atoms with E-state index in [1.165, 1.54) is 11.8 Å². The Morgan fingerprint density at radius 2 is 1.54 bits per heavy atom. The van der Waals surface area contributed by atoms with E-state index in [4.69, 9.17) is 4.52 Å². The van der Waals surface area contributed by atoms with Crippen molar-refractivity contribution in [2.24, 2.45) is 0 Å². The Balaban J connectivity index is 1.97. The van der Waals surface area contributed by atoms with Gasteiger partial charge in [0.15, 0.2) is 0 Å². The number of carbonyl (C=O) groups is 2. The molecule has 0 spiro atoms. The highest BCUT2D eigenvalue weighted by molar-refractivity contribution is 8.10. The molecule has 1 N–H and O–H groups in total. The van der Waals surface area contributed by atoms with Gasteiger partial charge in [-0.3, -0.25) is 14.2 Å². The molecule has 3 rings (SSSR count). The lowest BCUT2D eigenvalue weighted by Gasteiger charge is -2.26. The molecule has 0 aromatic heterocycles. The highest BCUT2D eigenvalue weighted by atomic mass is 32.2. The first-order valence-corrected chi connectivity index (χ1v) is 14.6. The van der Waals surface area contributed by atoms with Crippen LogP contribution in [0.4, 0.5) is 5.69 Å². The zero-order valence-electron chi connectivity index (χ0n) is 22.3. The van der Waals surface area contributed by atoms with Crippen molar-refractivity contribution in [2.75, 3.05) is 11.9 Å². The van der Waals surface area contributed by atoms with E-state index >= 15 is 0 Å². The van der Waals surface area contributed by atoms with E-state index in [9.17, 15) is 14.2 Å². The average Bonchev–Trinajstić information content (AvgIpc) is 2.87. The molecule has 3 aromatic rings. The van der Waals surface area contributed by atoms with Gasteiger partial charge in [-0.1, -0.05) is 61.2 Å². The molecule has 194 valence electrons. The molecular weight excluding hydrogens is 501 g/mol. The van der Waals surface area contributed by atoms with Gasteiger partial charge >= 0.3 is 7.37 Å². The molecule has 1 amide bonds. The predicted octanol–water partition coefficient (Wildman–Crippen LogP) is 7.51. The van der Waals surface area contributed by atoms with E-state index in [1.807, 2.05) is 64.1 Å². The van der Waals surface area contributed by atoms with Crippen LogP contribution in [0.15, 0.2) is 73.3 Å². The van der Waals surface area contributed by atoms with Gasteiger partial charge in [0.25, 0.3) is 5.52 Å². The fraction of sp³-hybridized carbons (Fsp3) is 0.267. The minimum absolute atomic E-state index is 0.127. The molecule has 7 heteroatoms. The van der Waals surface area contributed by atoms with Crippen LogP contribution in [-0.4, -0.2) is 22.8 Å². The molecule has 0 aliphatic heterocycles. The number of rotatable bonds is 10. The van der Waals surface area contributed by atoms with Gasteiger partial charge in [0.2, 0.25) is 5.91 Å². The minimum atomic E-state index is -3.86. The monoisotopic (exact) mass is 535 g/mol. The second kappa shape index (κ2) is 11.6. The van der Waals surface area contributed by atoms with Gasteiger partial charge in [0, 0.05) is 21.5 Å². The van der Waals surface area contributed by atoms with Gasteiger partial charge in [-0.05, 0) is 75.9 Å². The van der Waals surface area contributed by atoms with Crippen molar-refractivity contribution in [2.45, 2.75) is 46.3 Å². The number of benzene rings is 3. The number of hydrogen-bond donors (Lipinski definition) is 1. The van der Waals surface area contributed by atoms with Gasteiger partial charge in [-0.15, -0.1) is 11.8 Å². The molecule has 5 nitrogen and oxygen atoms in total. The van der Waals surface area contributed by atoms with Crippen molar-refractivity contribution >= 4 is 46.5 Å². The summed E-state index contributed by atoms with van der Waals surface area (Å²) in [6, 6.07) is 20.1. The number of carbonyl (C=O) groups excluding carboxylic acids is 2. The van der Waals surface area contributed by atoms with Crippen LogP contribution in [0, 0.1) is 20.8 Å². The summed E-state index contributed by atoms with van der Waals surface area (Å²) in [5.74, 6) is -0.223. The lowest BCUT2D eigenvalue weighted by Crippen LogP contribution is -2.34. The molecule has 0 aliphatic rings. The smallest absolute Gasteiger partial charge is 0.300 e. The van der Waals surface area contributed by atoms with Crippen molar-refractivity contribution in [3.63, 3.8) is 0 Å². The summed E-state index contributed by atoms with van der Waals surface area (Å²) in [5.41, 5.74) is 3.28. The summed E-state index contributed by atoms with van der Waals surface area (Å²) in [6.07, 6.45) is 0. The molecule has 1 atom stereocenters. The Kier molecular flexibility index (Phi) is 9.01. The molecule has 0 saturated carbocycles. The minimum Gasteiger partial charge on any atom is -0.324 e. The number of hydrogen-bond acceptors (Lipinski definition) is 5. The summed E-state index contributed by atoms with van der Waals surface area (Å²) >= 11 is 1.38. The Bertz CT molecular complexity index is 1370. The molecule has 0 radical (unpaired) electrons. The maximum Gasteiger partial charge on any atom is 0.300 e. The van der Waals surface area contributed by atoms with Gasteiger partial charge in [-0.25, -0.2) is 0 Å². The summed E-state index contributed by atoms with van der Waals surface area (Å²) in [5, 5.41) is 3.39. The van der Waals surface area contributed by atoms with E-state index in [1.54, 1.807) is 44.2 Å². The maximum atomic E-state index is 14.0. The molecular formula is C30H34NO4PS. The molecule has 0 saturated heterocycles. The fourth-order valence-corrected chi connectivity index (χ4v) is 7.29. The molecule has 0 heterocycles. The van der Waals surface area contributed by atoms with Crippen LogP contribution >= 0.6 is 19.1 Å². The van der Waals surface area contributed by atoms with Crippen LogP contribution < -0.4 is 10.6 Å². The Morgan fingerprint density at radius 3 is 2.11 bits per heavy atom. The second-order valence-electron chi connectivity index (χ2n) is 9.35. The molecule has 0 fully saturated rings. The third-order valence-corrected chi connectivity index (χ3v) is 9.66. The largest absolute Gasteiger partial charge is 0.324 e. The van der Waals surface area contributed by atoms with E-state index in [-0.39, 0.29) is 12.5 Å². The number of anilines is 1. The number of amides is 1. The van der Waals surface area contributed by atoms with Crippen LogP contribution in [0.2, 0.25) is 0 Å². The van der Waals surface area contributed by atoms with Crippen LogP contribution in [0.25, 0.3) is 4.91 Å². The van der Waals surface area contributed by atoms with Crippen LogP contribution in [-0.2, 0) is 13.9 Å². The van der Waals surface area contributed by atoms with Crippen molar-refractivity contribution in [3.05, 3.63) is 101 Å². The predicted molar refractivity (Wildman–Crippen MR) is 156 cm³/mol. The summed E-state index contributed by atoms with van der Waals surface area (Å²) in [6.45, 7) is 15.1. The van der Waals surface area contributed by atoms with Gasteiger partial charge in [0.1, 0.15) is 0 Å². The lowest BCUT2D eigenvalue weighted by atomic mass is 9.97. The fourth-order valence-electron chi connectivity index (χ4n) is 4.21. The van der Waals surface area contributed by atoms with Crippen LogP contribution in [0.1, 0.15) is 53.4 Å². The Hall–Kier alpha value is -2.92. The Labute approximate surface area is 224 Å². The highest BCUT2D eigenvalue weighted by Crippen LogP contribution is 2.50. The zero-order chi connectivity index (χ0) is 27.4. The molecule has 0 bridgehead atoms. The zero-order valence-corrected chi connectivity index (χ0v) is 24.0. The van der Waals surface area contributed by atoms with Crippen molar-refractivity contribution in [1.82, 2.24) is 0 Å². The first-order valence-electron chi connectivity index (χ1n) is 12.1. The van der Waals surface area contributed by atoms with E-state index < -0.39 is 17.6 Å². The number of aryl methyl sites for hydroxylation is 2. The van der Waals surface area contributed by atoms with Gasteiger partial charge in [0.05, 0.1) is 11.4 Å². The highest BCUT2D eigenvalue weighted by Gasteiger charge is 2.38. The van der Waals surface area contributed by atoms with Crippen molar-refractivity contribution in [1.29, 1.82) is 0 Å². The maximum absolute atomic E-state index is 14.0. The van der Waals surface area contributed by atoms with Crippen molar-refractivity contribution in [3.8, 4) is 0 Å². The molecule has 37 heavy (non-hydrogen) atoms. The van der Waals surface area contributed by atoms with E-state index in [0.29, 0.717) is 27.7 Å². The first-order chi connectivity index (χ1) is 17.4. The third kappa shape index (κ3) is 6.15. The quantitative estimate of drug-likeness (QED) is 0.272. The standard InChI is InChI=1S/C30H34NO4PS/c1-8-35-36(34,25-17-13-10-14-18-25)28(32)26-20(2)19-21(3)27(22(26)4)31-29(33)30(6,7)37-23(5)24-15-11-9-12-16-24/h9-19H,5,8H2,1-4,6-7H3,(H,31,33). The SMILES string of the molecule is C=C(SC(C)(C)C(=O)Nc1c(C)cc(C)c(C(=O)P(=O)(OCC)c2ccccc2)c1C)c1ccccc1. The molecule has 3 aromatic carbocycles. The van der Waals surface area contributed by atoms with Crippen LogP contribution in [0.3, 0.4) is 0 Å². The average molecular weight is 536 g/mol. The third-order valence-electron chi connectivity index (χ3n) is 6.12. The van der Waals surface area contributed by atoms with Crippen molar-refractivity contribution < 1.29 is 18.7 Å². The van der Waals surface area contributed by atoms with E-state index in [2.05, 4.69) is 11.9 Å². The lowest BCUT2D eigenvalue weighted by molar-refractivity contribution is -0.117. The Morgan fingerprint density at radius 1 is 0.973 bits per heavy atom. The summed E-state index contributed by atoms with van der Waals surface area (Å²) < 4.78 is 18.8. The van der Waals surface area contributed by atoms with Gasteiger partial charge < -0.3 is 9.84 Å². The summed E-state index contributed by atoms with van der Waals surface area (Å²) in [7, 11) is -3.86. The topological polar surface area (TPSA) is 72.5 Å². The van der Waals surface area contributed by atoms with Crippen LogP contribution in [0.5, 0.6) is 0 Å². The first kappa shape index (κ1) is 28.6. The number of thioether (sulfide) groups is 1.